The molecule has 2 rings (SSSR count). The molecule has 0 aromatic heterocycles. The minimum Gasteiger partial charge on any atom is -0.445 e. The second-order valence-corrected chi connectivity index (χ2v) is 6.46. The molecular formula is C15H18ClFN2O2. The van der Waals surface area contributed by atoms with E-state index < -0.39 is 11.9 Å². The Morgan fingerprint density at radius 1 is 1.48 bits per heavy atom. The van der Waals surface area contributed by atoms with E-state index in [-0.39, 0.29) is 18.1 Å². The van der Waals surface area contributed by atoms with Gasteiger partial charge >= 0.3 is 6.09 Å². The molecule has 1 heterocycles. The van der Waals surface area contributed by atoms with Crippen LogP contribution in [0.1, 0.15) is 32.8 Å². The summed E-state index contributed by atoms with van der Waals surface area (Å²) in [6.45, 7) is 6.04. The average molecular weight is 313 g/mol. The van der Waals surface area contributed by atoms with Crippen LogP contribution in [0.4, 0.5) is 9.18 Å². The summed E-state index contributed by atoms with van der Waals surface area (Å²) < 4.78 is 18.9. The van der Waals surface area contributed by atoms with Gasteiger partial charge in [0.2, 0.25) is 0 Å². The van der Waals surface area contributed by atoms with Crippen molar-refractivity contribution in [2.75, 3.05) is 0 Å². The zero-order chi connectivity index (χ0) is 15.6. The van der Waals surface area contributed by atoms with E-state index in [1.54, 1.807) is 12.1 Å². The molecule has 114 valence electrons. The number of nitrogens with one attached hydrogen (secondary N) is 1. The van der Waals surface area contributed by atoms with Crippen LogP contribution in [0, 0.1) is 11.2 Å². The number of aliphatic imine (C=N–C) groups is 1. The maximum atomic E-state index is 13.7. The van der Waals surface area contributed by atoms with Crippen LogP contribution in [0.5, 0.6) is 0 Å². The molecule has 6 heteroatoms. The minimum atomic E-state index is -0.528. The molecule has 1 amide bonds. The molecule has 1 aliphatic rings. The van der Waals surface area contributed by atoms with Crippen LogP contribution in [-0.4, -0.2) is 18.0 Å². The molecule has 0 bridgehead atoms. The van der Waals surface area contributed by atoms with Crippen LogP contribution < -0.4 is 5.32 Å². The predicted octanol–water partition coefficient (Wildman–Crippen LogP) is 3.92. The van der Waals surface area contributed by atoms with Gasteiger partial charge in [0.15, 0.2) is 0 Å². The quantitative estimate of drug-likeness (QED) is 0.899. The monoisotopic (exact) mass is 312 g/mol. The maximum Gasteiger partial charge on any atom is 0.412 e. The summed E-state index contributed by atoms with van der Waals surface area (Å²) >= 11 is 5.96. The zero-order valence-corrected chi connectivity index (χ0v) is 13.0. The second kappa shape index (κ2) is 6.02. The van der Waals surface area contributed by atoms with E-state index in [1.807, 2.05) is 20.8 Å². The first-order valence-electron chi connectivity index (χ1n) is 6.71. The van der Waals surface area contributed by atoms with Gasteiger partial charge in [0.25, 0.3) is 0 Å². The molecule has 1 fully saturated rings. The number of carbonyl (C=O) groups excluding carboxylic acids is 1. The van der Waals surface area contributed by atoms with Gasteiger partial charge in [-0.05, 0) is 17.5 Å². The molecule has 1 aliphatic heterocycles. The Kier molecular flexibility index (Phi) is 4.52. The topological polar surface area (TPSA) is 50.7 Å². The molecule has 21 heavy (non-hydrogen) atoms. The molecule has 1 aromatic carbocycles. The van der Waals surface area contributed by atoms with Crippen LogP contribution in [0.3, 0.4) is 0 Å². The number of hydrogen-bond acceptors (Lipinski definition) is 3. The summed E-state index contributed by atoms with van der Waals surface area (Å²) in [5.74, 6) is 0.0862. The van der Waals surface area contributed by atoms with Gasteiger partial charge in [-0.25, -0.2) is 9.18 Å². The molecule has 1 aromatic rings. The Hall–Kier alpha value is -1.62. The summed E-state index contributed by atoms with van der Waals surface area (Å²) in [6, 6.07) is 4.49. The fourth-order valence-corrected chi connectivity index (χ4v) is 2.21. The second-order valence-electron chi connectivity index (χ2n) is 6.05. The highest BCUT2D eigenvalue weighted by atomic mass is 35.5. The molecule has 0 saturated carbocycles. The van der Waals surface area contributed by atoms with Crippen molar-refractivity contribution in [3.05, 3.63) is 34.6 Å². The van der Waals surface area contributed by atoms with Crippen molar-refractivity contribution in [1.82, 2.24) is 5.32 Å². The van der Waals surface area contributed by atoms with E-state index in [0.717, 1.165) is 0 Å². The average Bonchev–Trinajstić information content (AvgIpc) is 2.36. The van der Waals surface area contributed by atoms with Crippen molar-refractivity contribution in [2.45, 2.75) is 39.8 Å². The summed E-state index contributed by atoms with van der Waals surface area (Å²) in [4.78, 5) is 15.8. The van der Waals surface area contributed by atoms with Gasteiger partial charge in [-0.1, -0.05) is 38.4 Å². The number of alkyl carbamates (subject to hydrolysis) is 1. The van der Waals surface area contributed by atoms with Crippen molar-refractivity contribution in [3.63, 3.8) is 0 Å². The van der Waals surface area contributed by atoms with Gasteiger partial charge in [0.05, 0.1) is 6.54 Å². The van der Waals surface area contributed by atoms with Gasteiger partial charge in [-0.3, -0.25) is 10.3 Å². The lowest BCUT2D eigenvalue weighted by atomic mass is 9.86. The SMILES string of the molecule is CC(C)(C)C1CC(=NCc2c(F)cccc2Cl)NC(=O)O1. The lowest BCUT2D eigenvalue weighted by molar-refractivity contribution is 0.0303. The molecular weight excluding hydrogens is 295 g/mol. The standard InChI is InChI=1S/C15H18ClFN2O2/c1-15(2,3)12-7-13(19-14(20)21-12)18-8-9-10(16)5-4-6-11(9)17/h4-6,12H,7-8H2,1-3H3,(H,18,19,20). The number of nitrogens with zero attached hydrogens (tertiary/aromatic N) is 1. The summed E-state index contributed by atoms with van der Waals surface area (Å²) in [5.41, 5.74) is 0.133. The van der Waals surface area contributed by atoms with E-state index in [1.165, 1.54) is 6.07 Å². The molecule has 0 radical (unpaired) electrons. The van der Waals surface area contributed by atoms with Gasteiger partial charge in [0, 0.05) is 17.0 Å². The molecule has 1 saturated heterocycles. The Labute approximate surface area is 128 Å². The number of ether oxygens (including phenoxy) is 1. The number of rotatable bonds is 2. The fourth-order valence-electron chi connectivity index (χ4n) is 1.99. The number of halogens is 2. The van der Waals surface area contributed by atoms with Crippen molar-refractivity contribution in [1.29, 1.82) is 0 Å². The molecule has 4 nitrogen and oxygen atoms in total. The Morgan fingerprint density at radius 2 is 2.19 bits per heavy atom. The third-order valence-corrected chi connectivity index (χ3v) is 3.68. The van der Waals surface area contributed by atoms with Crippen LogP contribution in [0.25, 0.3) is 0 Å². The third kappa shape index (κ3) is 3.94. The molecule has 1 atom stereocenters. The maximum absolute atomic E-state index is 13.7. The highest BCUT2D eigenvalue weighted by molar-refractivity contribution is 6.31. The number of hydrogen-bond donors (Lipinski definition) is 1. The van der Waals surface area contributed by atoms with Crippen molar-refractivity contribution in [3.8, 4) is 0 Å². The number of carbonyl (C=O) groups is 1. The fraction of sp³-hybridized carbons (Fsp3) is 0.467. The number of cyclic esters (lactones) is 1. The first-order chi connectivity index (χ1) is 9.77. The van der Waals surface area contributed by atoms with Gasteiger partial charge in [-0.2, -0.15) is 0 Å². The van der Waals surface area contributed by atoms with Crippen molar-refractivity contribution in [2.24, 2.45) is 10.4 Å². The summed E-state index contributed by atoms with van der Waals surface area (Å²) in [7, 11) is 0. The highest BCUT2D eigenvalue weighted by Crippen LogP contribution is 2.27. The Balaban J connectivity index is 2.15. The predicted molar refractivity (Wildman–Crippen MR) is 80.0 cm³/mol. The van der Waals surface area contributed by atoms with Crippen LogP contribution in [0.2, 0.25) is 5.02 Å². The van der Waals surface area contributed by atoms with Crippen LogP contribution in [-0.2, 0) is 11.3 Å². The number of amides is 1. The smallest absolute Gasteiger partial charge is 0.412 e. The normalized spacial score (nSPS) is 21.1. The van der Waals surface area contributed by atoms with E-state index in [4.69, 9.17) is 16.3 Å². The highest BCUT2D eigenvalue weighted by Gasteiger charge is 2.33. The Bertz CT molecular complexity index is 561. The van der Waals surface area contributed by atoms with Gasteiger partial charge < -0.3 is 4.74 Å². The zero-order valence-electron chi connectivity index (χ0n) is 12.2. The van der Waals surface area contributed by atoms with E-state index in [0.29, 0.717) is 22.8 Å². The van der Waals surface area contributed by atoms with Crippen LogP contribution >= 0.6 is 11.6 Å². The van der Waals surface area contributed by atoms with Gasteiger partial charge in [-0.15, -0.1) is 0 Å². The van der Waals surface area contributed by atoms with Crippen molar-refractivity contribution >= 4 is 23.5 Å². The molecule has 0 aliphatic carbocycles. The van der Waals surface area contributed by atoms with E-state index in [2.05, 4.69) is 10.3 Å². The molecule has 1 unspecified atom stereocenters. The first kappa shape index (κ1) is 15.8. The molecule has 0 spiro atoms. The minimum absolute atomic E-state index is 0.0813. The lowest BCUT2D eigenvalue weighted by Crippen LogP contribution is -2.47. The number of benzene rings is 1. The molecule has 1 N–H and O–H groups in total. The lowest BCUT2D eigenvalue weighted by Gasteiger charge is -2.33. The van der Waals surface area contributed by atoms with Crippen molar-refractivity contribution < 1.29 is 13.9 Å². The summed E-state index contributed by atoms with van der Waals surface area (Å²) in [5, 5.41) is 2.88. The summed E-state index contributed by atoms with van der Waals surface area (Å²) in [6.07, 6.45) is -0.318. The van der Waals surface area contributed by atoms with Gasteiger partial charge in [0.1, 0.15) is 17.8 Å². The van der Waals surface area contributed by atoms with E-state index in [9.17, 15) is 9.18 Å². The number of amidine groups is 1. The third-order valence-electron chi connectivity index (χ3n) is 3.33. The Morgan fingerprint density at radius 3 is 2.81 bits per heavy atom. The van der Waals surface area contributed by atoms with E-state index >= 15 is 0 Å². The largest absolute Gasteiger partial charge is 0.445 e. The first-order valence-corrected chi connectivity index (χ1v) is 7.09. The van der Waals surface area contributed by atoms with Crippen LogP contribution in [0.15, 0.2) is 23.2 Å².